The van der Waals surface area contributed by atoms with Gasteiger partial charge in [0.1, 0.15) is 11.6 Å². The first-order valence-corrected chi connectivity index (χ1v) is 10.1. The van der Waals surface area contributed by atoms with Gasteiger partial charge in [-0.2, -0.15) is 4.68 Å². The van der Waals surface area contributed by atoms with Gasteiger partial charge in [0.05, 0.1) is 17.4 Å². The minimum atomic E-state index is -0.949. The molecular formula is C21H17N5O4S. The van der Waals surface area contributed by atoms with Gasteiger partial charge in [0, 0.05) is 0 Å². The van der Waals surface area contributed by atoms with Crippen LogP contribution in [0.2, 0.25) is 0 Å². The van der Waals surface area contributed by atoms with Crippen LogP contribution in [0.25, 0.3) is 21.3 Å². The Bertz CT molecular complexity index is 1330. The first-order chi connectivity index (χ1) is 15.0. The standard InChI is InChI=1S/C21H17N5O4S/c1-12(26-19(28)14-10-6-7-11-15(14)24-25-26)18(27)23-21-22-16(20(29)30-2)17(31-21)13-8-4-3-5-9-13/h3-12H,1-2H3,(H,22,23,27). The Balaban J connectivity index is 1.64. The molecule has 1 amide bonds. The summed E-state index contributed by atoms with van der Waals surface area (Å²) in [5, 5.41) is 11.1. The fourth-order valence-corrected chi connectivity index (χ4v) is 3.93. The number of ether oxygens (including phenoxy) is 1. The summed E-state index contributed by atoms with van der Waals surface area (Å²) in [6.07, 6.45) is 0. The summed E-state index contributed by atoms with van der Waals surface area (Å²) in [6.45, 7) is 1.53. The van der Waals surface area contributed by atoms with Gasteiger partial charge in [-0.1, -0.05) is 59.0 Å². The van der Waals surface area contributed by atoms with Crippen LogP contribution in [0.5, 0.6) is 0 Å². The van der Waals surface area contributed by atoms with E-state index < -0.39 is 23.5 Å². The third-order valence-electron chi connectivity index (χ3n) is 4.61. The molecule has 9 nitrogen and oxygen atoms in total. The lowest BCUT2D eigenvalue weighted by Crippen LogP contribution is -2.34. The topological polar surface area (TPSA) is 116 Å². The van der Waals surface area contributed by atoms with Crippen molar-refractivity contribution in [2.45, 2.75) is 13.0 Å². The summed E-state index contributed by atoms with van der Waals surface area (Å²) in [4.78, 5) is 42.5. The van der Waals surface area contributed by atoms with Crippen LogP contribution in [0, 0.1) is 0 Å². The van der Waals surface area contributed by atoms with Crippen molar-refractivity contribution in [3.8, 4) is 10.4 Å². The highest BCUT2D eigenvalue weighted by Gasteiger charge is 2.24. The van der Waals surface area contributed by atoms with E-state index >= 15 is 0 Å². The second-order valence-electron chi connectivity index (χ2n) is 6.58. The molecule has 10 heteroatoms. The van der Waals surface area contributed by atoms with E-state index in [-0.39, 0.29) is 10.8 Å². The number of benzene rings is 2. The van der Waals surface area contributed by atoms with Crippen LogP contribution in [0.1, 0.15) is 23.5 Å². The quantitative estimate of drug-likeness (QED) is 0.479. The highest BCUT2D eigenvalue weighted by molar-refractivity contribution is 7.19. The molecule has 2 heterocycles. The SMILES string of the molecule is COC(=O)c1nc(NC(=O)C(C)n2nnc3ccccc3c2=O)sc1-c1ccccc1. The number of methoxy groups -OCH3 is 1. The number of hydrogen-bond acceptors (Lipinski definition) is 8. The highest BCUT2D eigenvalue weighted by Crippen LogP contribution is 2.33. The van der Waals surface area contributed by atoms with Gasteiger partial charge in [-0.05, 0) is 24.6 Å². The molecule has 0 bridgehead atoms. The number of esters is 1. The van der Waals surface area contributed by atoms with Crippen LogP contribution in [0.3, 0.4) is 0 Å². The number of fused-ring (bicyclic) bond motifs is 1. The number of carbonyl (C=O) groups excluding carboxylic acids is 2. The normalized spacial score (nSPS) is 11.8. The van der Waals surface area contributed by atoms with Crippen LogP contribution in [-0.4, -0.2) is 39.0 Å². The maximum absolute atomic E-state index is 12.8. The summed E-state index contributed by atoms with van der Waals surface area (Å²) in [5.74, 6) is -1.13. The number of rotatable bonds is 5. The molecule has 156 valence electrons. The zero-order valence-corrected chi connectivity index (χ0v) is 17.4. The molecule has 1 unspecified atom stereocenters. The van der Waals surface area contributed by atoms with Crippen molar-refractivity contribution in [3.05, 3.63) is 70.6 Å². The van der Waals surface area contributed by atoms with Crippen LogP contribution in [0.4, 0.5) is 5.13 Å². The number of aromatic nitrogens is 4. The van der Waals surface area contributed by atoms with Crippen molar-refractivity contribution in [3.63, 3.8) is 0 Å². The van der Waals surface area contributed by atoms with Crippen LogP contribution in [-0.2, 0) is 9.53 Å². The first kappa shape index (κ1) is 20.4. The van der Waals surface area contributed by atoms with E-state index in [4.69, 9.17) is 4.74 Å². The highest BCUT2D eigenvalue weighted by atomic mass is 32.1. The third-order valence-corrected chi connectivity index (χ3v) is 5.63. The van der Waals surface area contributed by atoms with Crippen molar-refractivity contribution in [1.29, 1.82) is 0 Å². The first-order valence-electron chi connectivity index (χ1n) is 9.29. The van der Waals surface area contributed by atoms with Crippen molar-refractivity contribution in [2.75, 3.05) is 12.4 Å². The van der Waals surface area contributed by atoms with Gasteiger partial charge in [-0.15, -0.1) is 5.10 Å². The van der Waals surface area contributed by atoms with E-state index in [0.29, 0.717) is 15.8 Å². The minimum Gasteiger partial charge on any atom is -0.464 e. The molecule has 1 N–H and O–H groups in total. The van der Waals surface area contributed by atoms with Crippen LogP contribution in [0.15, 0.2) is 59.4 Å². The van der Waals surface area contributed by atoms with Gasteiger partial charge < -0.3 is 10.1 Å². The zero-order chi connectivity index (χ0) is 22.0. The van der Waals surface area contributed by atoms with Gasteiger partial charge in [0.25, 0.3) is 11.5 Å². The molecule has 4 rings (SSSR count). The van der Waals surface area contributed by atoms with E-state index in [1.807, 2.05) is 30.3 Å². The number of thiazole rings is 1. The van der Waals surface area contributed by atoms with Gasteiger partial charge in [-0.3, -0.25) is 9.59 Å². The maximum Gasteiger partial charge on any atom is 0.358 e. The Morgan fingerprint density at radius 1 is 1.10 bits per heavy atom. The second-order valence-corrected chi connectivity index (χ2v) is 7.57. The molecule has 0 aliphatic rings. The summed E-state index contributed by atoms with van der Waals surface area (Å²) < 4.78 is 5.84. The second kappa shape index (κ2) is 8.44. The van der Waals surface area contributed by atoms with E-state index in [0.717, 1.165) is 21.6 Å². The van der Waals surface area contributed by atoms with Crippen LogP contribution >= 0.6 is 11.3 Å². The zero-order valence-electron chi connectivity index (χ0n) is 16.6. The summed E-state index contributed by atoms with van der Waals surface area (Å²) in [7, 11) is 1.27. The molecule has 31 heavy (non-hydrogen) atoms. The average molecular weight is 435 g/mol. The van der Waals surface area contributed by atoms with Crippen molar-refractivity contribution < 1.29 is 14.3 Å². The molecule has 0 radical (unpaired) electrons. The maximum atomic E-state index is 12.8. The Kier molecular flexibility index (Phi) is 5.54. The van der Waals surface area contributed by atoms with Gasteiger partial charge in [0.15, 0.2) is 10.8 Å². The third kappa shape index (κ3) is 3.92. The van der Waals surface area contributed by atoms with Crippen molar-refractivity contribution >= 4 is 39.2 Å². The van der Waals surface area contributed by atoms with E-state index in [2.05, 4.69) is 20.6 Å². The lowest BCUT2D eigenvalue weighted by molar-refractivity contribution is -0.119. The Labute approximate surface area is 180 Å². The molecule has 0 saturated heterocycles. The molecule has 0 aliphatic heterocycles. The molecule has 0 fully saturated rings. The number of hydrogen-bond donors (Lipinski definition) is 1. The predicted molar refractivity (Wildman–Crippen MR) is 116 cm³/mol. The molecule has 2 aromatic heterocycles. The van der Waals surface area contributed by atoms with Crippen LogP contribution < -0.4 is 10.9 Å². The lowest BCUT2D eigenvalue weighted by atomic mass is 10.1. The van der Waals surface area contributed by atoms with E-state index in [1.165, 1.54) is 14.0 Å². The van der Waals surface area contributed by atoms with Crippen molar-refractivity contribution in [2.24, 2.45) is 0 Å². The van der Waals surface area contributed by atoms with E-state index in [9.17, 15) is 14.4 Å². The number of anilines is 1. The largest absolute Gasteiger partial charge is 0.464 e. The lowest BCUT2D eigenvalue weighted by Gasteiger charge is -2.12. The minimum absolute atomic E-state index is 0.101. The Morgan fingerprint density at radius 2 is 1.81 bits per heavy atom. The van der Waals surface area contributed by atoms with Gasteiger partial charge in [0.2, 0.25) is 0 Å². The molecule has 4 aromatic rings. The van der Waals surface area contributed by atoms with E-state index in [1.54, 1.807) is 24.3 Å². The summed E-state index contributed by atoms with van der Waals surface area (Å²) in [6, 6.07) is 15.0. The molecule has 0 saturated carbocycles. The molecule has 1 atom stereocenters. The monoisotopic (exact) mass is 435 g/mol. The molecule has 2 aromatic carbocycles. The summed E-state index contributed by atoms with van der Waals surface area (Å²) >= 11 is 1.14. The molecular weight excluding hydrogens is 418 g/mol. The van der Waals surface area contributed by atoms with Gasteiger partial charge >= 0.3 is 5.97 Å². The molecule has 0 spiro atoms. The number of carbonyl (C=O) groups is 2. The average Bonchev–Trinajstić information content (AvgIpc) is 3.23. The van der Waals surface area contributed by atoms with Crippen molar-refractivity contribution in [1.82, 2.24) is 20.0 Å². The molecule has 0 aliphatic carbocycles. The Hall–Kier alpha value is -3.92. The Morgan fingerprint density at radius 3 is 2.55 bits per heavy atom. The fraction of sp³-hybridized carbons (Fsp3) is 0.143. The number of nitrogens with zero attached hydrogens (tertiary/aromatic N) is 4. The smallest absolute Gasteiger partial charge is 0.358 e. The van der Waals surface area contributed by atoms with Gasteiger partial charge in [-0.25, -0.2) is 9.78 Å². The number of nitrogens with one attached hydrogen (secondary N) is 1. The predicted octanol–water partition coefficient (Wildman–Crippen LogP) is 2.90. The summed E-state index contributed by atoms with van der Waals surface area (Å²) in [5.41, 5.74) is 0.897. The fourth-order valence-electron chi connectivity index (χ4n) is 2.97. The number of amides is 1.